The average molecular weight is 323 g/mol. The van der Waals surface area contributed by atoms with E-state index in [1.165, 1.54) is 4.90 Å². The number of nitrogens with zero attached hydrogens (tertiary/aromatic N) is 1. The number of hydrogen-bond donors (Lipinski definition) is 0. The number of rotatable bonds is 7. The standard InChI is InChI=1S/C20H21NO3/c1-15(11-12-24-14-16-7-3-2-4-8-16)13-21-19(22)17-9-5-6-10-18(17)20(21)23/h2-10,15H,11-14H2,1H3. The van der Waals surface area contributed by atoms with Crippen molar-refractivity contribution < 1.29 is 14.3 Å². The molecule has 0 bridgehead atoms. The highest BCUT2D eigenvalue weighted by atomic mass is 16.5. The van der Waals surface area contributed by atoms with Gasteiger partial charge in [0.05, 0.1) is 17.7 Å². The molecule has 1 aliphatic rings. The summed E-state index contributed by atoms with van der Waals surface area (Å²) in [6.07, 6.45) is 0.806. The van der Waals surface area contributed by atoms with Crippen LogP contribution in [0.25, 0.3) is 0 Å². The lowest BCUT2D eigenvalue weighted by atomic mass is 10.1. The first-order valence-corrected chi connectivity index (χ1v) is 8.23. The van der Waals surface area contributed by atoms with Gasteiger partial charge < -0.3 is 4.74 Å². The van der Waals surface area contributed by atoms with Crippen LogP contribution in [0.2, 0.25) is 0 Å². The van der Waals surface area contributed by atoms with Crippen LogP contribution >= 0.6 is 0 Å². The van der Waals surface area contributed by atoms with Gasteiger partial charge in [0.25, 0.3) is 11.8 Å². The number of ether oxygens (including phenoxy) is 1. The molecule has 1 heterocycles. The van der Waals surface area contributed by atoms with Crippen LogP contribution in [0.5, 0.6) is 0 Å². The van der Waals surface area contributed by atoms with Crippen LogP contribution in [0.15, 0.2) is 54.6 Å². The molecule has 0 N–H and O–H groups in total. The number of fused-ring (bicyclic) bond motifs is 1. The molecule has 0 saturated carbocycles. The maximum Gasteiger partial charge on any atom is 0.261 e. The molecule has 1 unspecified atom stereocenters. The summed E-state index contributed by atoms with van der Waals surface area (Å²) in [5.74, 6) is -0.178. The van der Waals surface area contributed by atoms with Crippen LogP contribution < -0.4 is 0 Å². The van der Waals surface area contributed by atoms with Gasteiger partial charge in [0, 0.05) is 13.2 Å². The van der Waals surface area contributed by atoms with Crippen LogP contribution in [0.4, 0.5) is 0 Å². The van der Waals surface area contributed by atoms with Gasteiger partial charge >= 0.3 is 0 Å². The van der Waals surface area contributed by atoms with Crippen molar-refractivity contribution in [3.8, 4) is 0 Å². The molecule has 4 heteroatoms. The van der Waals surface area contributed by atoms with Gasteiger partial charge in [-0.3, -0.25) is 14.5 Å². The molecule has 2 aromatic carbocycles. The molecule has 2 aromatic rings. The summed E-state index contributed by atoms with van der Waals surface area (Å²) in [6, 6.07) is 17.0. The Morgan fingerprint density at radius 3 is 2.12 bits per heavy atom. The monoisotopic (exact) mass is 323 g/mol. The Bertz CT molecular complexity index is 692. The van der Waals surface area contributed by atoms with Crippen molar-refractivity contribution in [1.29, 1.82) is 0 Å². The summed E-state index contributed by atoms with van der Waals surface area (Å²) in [6.45, 7) is 3.66. The third kappa shape index (κ3) is 3.54. The van der Waals surface area contributed by atoms with E-state index in [9.17, 15) is 9.59 Å². The minimum Gasteiger partial charge on any atom is -0.377 e. The molecule has 124 valence electrons. The fraction of sp³-hybridized carbons (Fsp3) is 0.300. The number of benzene rings is 2. The zero-order valence-electron chi connectivity index (χ0n) is 13.8. The minimum atomic E-state index is -0.187. The van der Waals surface area contributed by atoms with E-state index in [0.717, 1.165) is 12.0 Å². The first-order valence-electron chi connectivity index (χ1n) is 8.23. The highest BCUT2D eigenvalue weighted by Gasteiger charge is 2.35. The SMILES string of the molecule is CC(CCOCc1ccccc1)CN1C(=O)c2ccccc2C1=O. The molecule has 2 amide bonds. The van der Waals surface area contributed by atoms with Gasteiger partial charge in [-0.15, -0.1) is 0 Å². The van der Waals surface area contributed by atoms with E-state index in [1.54, 1.807) is 24.3 Å². The van der Waals surface area contributed by atoms with Crippen molar-refractivity contribution >= 4 is 11.8 Å². The van der Waals surface area contributed by atoms with E-state index in [0.29, 0.717) is 30.9 Å². The van der Waals surface area contributed by atoms with E-state index < -0.39 is 0 Å². The summed E-state index contributed by atoms with van der Waals surface area (Å²) < 4.78 is 5.68. The Labute approximate surface area is 142 Å². The molecule has 0 fully saturated rings. The molecule has 0 spiro atoms. The summed E-state index contributed by atoms with van der Waals surface area (Å²) >= 11 is 0. The summed E-state index contributed by atoms with van der Waals surface area (Å²) in [4.78, 5) is 26.0. The Kier molecular flexibility index (Phi) is 5.06. The van der Waals surface area contributed by atoms with Crippen molar-refractivity contribution in [3.63, 3.8) is 0 Å². The van der Waals surface area contributed by atoms with Gasteiger partial charge in [0.15, 0.2) is 0 Å². The number of hydrogen-bond acceptors (Lipinski definition) is 3. The third-order valence-corrected chi connectivity index (χ3v) is 4.24. The van der Waals surface area contributed by atoms with Crippen LogP contribution in [0.3, 0.4) is 0 Å². The highest BCUT2D eigenvalue weighted by molar-refractivity contribution is 6.21. The normalized spacial score (nSPS) is 14.8. The van der Waals surface area contributed by atoms with Crippen LogP contribution in [-0.2, 0) is 11.3 Å². The molecule has 3 rings (SSSR count). The van der Waals surface area contributed by atoms with E-state index in [2.05, 4.69) is 0 Å². The predicted octanol–water partition coefficient (Wildman–Crippen LogP) is 3.53. The molecule has 1 atom stereocenters. The van der Waals surface area contributed by atoms with Gasteiger partial charge in [-0.1, -0.05) is 49.4 Å². The van der Waals surface area contributed by atoms with Crippen molar-refractivity contribution in [2.24, 2.45) is 5.92 Å². The van der Waals surface area contributed by atoms with E-state index in [-0.39, 0.29) is 17.7 Å². The van der Waals surface area contributed by atoms with Crippen LogP contribution in [0.1, 0.15) is 39.6 Å². The molecule has 0 aliphatic carbocycles. The lowest BCUT2D eigenvalue weighted by molar-refractivity contribution is 0.0606. The fourth-order valence-corrected chi connectivity index (χ4v) is 2.86. The van der Waals surface area contributed by atoms with Gasteiger partial charge in [-0.05, 0) is 30.0 Å². The quantitative estimate of drug-likeness (QED) is 0.578. The van der Waals surface area contributed by atoms with Gasteiger partial charge in [0.1, 0.15) is 0 Å². The van der Waals surface area contributed by atoms with Gasteiger partial charge in [0.2, 0.25) is 0 Å². The van der Waals surface area contributed by atoms with Gasteiger partial charge in [-0.25, -0.2) is 0 Å². The molecule has 1 aliphatic heterocycles. The topological polar surface area (TPSA) is 46.6 Å². The first kappa shape index (κ1) is 16.4. The largest absolute Gasteiger partial charge is 0.377 e. The predicted molar refractivity (Wildman–Crippen MR) is 91.7 cm³/mol. The maximum atomic E-state index is 12.3. The highest BCUT2D eigenvalue weighted by Crippen LogP contribution is 2.23. The molecular formula is C20H21NO3. The zero-order chi connectivity index (χ0) is 16.9. The fourth-order valence-electron chi connectivity index (χ4n) is 2.86. The number of amides is 2. The molecular weight excluding hydrogens is 302 g/mol. The Balaban J connectivity index is 1.47. The molecule has 4 nitrogen and oxygen atoms in total. The Morgan fingerprint density at radius 2 is 1.50 bits per heavy atom. The van der Waals surface area contributed by atoms with E-state index in [1.807, 2.05) is 37.3 Å². The number of imide groups is 1. The van der Waals surface area contributed by atoms with Crippen molar-refractivity contribution in [2.75, 3.05) is 13.2 Å². The second kappa shape index (κ2) is 7.41. The molecule has 24 heavy (non-hydrogen) atoms. The maximum absolute atomic E-state index is 12.3. The second-order valence-electron chi connectivity index (χ2n) is 6.20. The number of carbonyl (C=O) groups excluding carboxylic acids is 2. The molecule has 0 aromatic heterocycles. The lowest BCUT2D eigenvalue weighted by Gasteiger charge is -2.19. The summed E-state index contributed by atoms with van der Waals surface area (Å²) in [5.41, 5.74) is 2.16. The smallest absolute Gasteiger partial charge is 0.261 e. The van der Waals surface area contributed by atoms with Crippen molar-refractivity contribution in [2.45, 2.75) is 20.0 Å². The van der Waals surface area contributed by atoms with E-state index in [4.69, 9.17) is 4.74 Å². The van der Waals surface area contributed by atoms with Crippen LogP contribution in [0, 0.1) is 5.92 Å². The third-order valence-electron chi connectivity index (χ3n) is 4.24. The van der Waals surface area contributed by atoms with Crippen molar-refractivity contribution in [3.05, 3.63) is 71.3 Å². The summed E-state index contributed by atoms with van der Waals surface area (Å²) in [5, 5.41) is 0. The van der Waals surface area contributed by atoms with Crippen molar-refractivity contribution in [1.82, 2.24) is 4.90 Å². The minimum absolute atomic E-state index is 0.187. The van der Waals surface area contributed by atoms with E-state index >= 15 is 0 Å². The average Bonchev–Trinajstić information content (AvgIpc) is 2.85. The zero-order valence-corrected chi connectivity index (χ0v) is 13.8. The Hall–Kier alpha value is -2.46. The summed E-state index contributed by atoms with van der Waals surface area (Å²) in [7, 11) is 0. The van der Waals surface area contributed by atoms with Crippen LogP contribution in [-0.4, -0.2) is 29.9 Å². The first-order chi connectivity index (χ1) is 11.7. The molecule has 0 saturated heterocycles. The number of carbonyl (C=O) groups is 2. The molecule has 0 radical (unpaired) electrons. The Morgan fingerprint density at radius 1 is 0.917 bits per heavy atom. The second-order valence-corrected chi connectivity index (χ2v) is 6.20. The van der Waals surface area contributed by atoms with Gasteiger partial charge in [-0.2, -0.15) is 0 Å². The lowest BCUT2D eigenvalue weighted by Crippen LogP contribution is -2.34.